The van der Waals surface area contributed by atoms with Crippen molar-refractivity contribution in [3.05, 3.63) is 53.2 Å². The summed E-state index contributed by atoms with van der Waals surface area (Å²) < 4.78 is 34.9. The van der Waals surface area contributed by atoms with Crippen molar-refractivity contribution < 1.29 is 37.7 Å². The van der Waals surface area contributed by atoms with Crippen molar-refractivity contribution in [1.82, 2.24) is 9.50 Å². The third kappa shape index (κ3) is 6.49. The van der Waals surface area contributed by atoms with E-state index in [1.54, 1.807) is 21.2 Å². The fourth-order valence-electron chi connectivity index (χ4n) is 3.34. The van der Waals surface area contributed by atoms with Gasteiger partial charge in [-0.1, -0.05) is 47.6 Å². The van der Waals surface area contributed by atoms with Crippen LogP contribution in [0.5, 0.6) is 5.75 Å². The number of nitrogen functional groups attached to an aromatic ring is 1. The predicted molar refractivity (Wildman–Crippen MR) is 121 cm³/mol. The normalized spacial score (nSPS) is 12.3. The van der Waals surface area contributed by atoms with E-state index in [1.807, 2.05) is 65.9 Å². The van der Waals surface area contributed by atoms with Crippen LogP contribution in [0.15, 0.2) is 36.5 Å². The van der Waals surface area contributed by atoms with E-state index in [-0.39, 0.29) is 28.9 Å². The Labute approximate surface area is 200 Å². The van der Waals surface area contributed by atoms with Gasteiger partial charge in [0.25, 0.3) is 0 Å². The monoisotopic (exact) mass is 494 g/mol. The van der Waals surface area contributed by atoms with Gasteiger partial charge >= 0.3 is 17.8 Å². The molecule has 0 unspecified atom stereocenters. The Bertz CT molecular complexity index is 1220. The van der Waals surface area contributed by atoms with Crippen LogP contribution in [0.1, 0.15) is 63.0 Å². The second-order valence-electron chi connectivity index (χ2n) is 10.1. The molecule has 0 aliphatic carbocycles. The summed E-state index contributed by atoms with van der Waals surface area (Å²) in [5, 5.41) is 23.9. The van der Waals surface area contributed by atoms with E-state index in [4.69, 9.17) is 15.6 Å². The highest BCUT2D eigenvalue weighted by Crippen LogP contribution is 2.39. The van der Waals surface area contributed by atoms with Crippen LogP contribution in [0.4, 0.5) is 19.1 Å². The number of carboxylic acids is 1. The lowest BCUT2D eigenvalue weighted by molar-refractivity contribution is -0.714. The zero-order valence-corrected chi connectivity index (χ0v) is 20.4. The number of ketones is 1. The molecule has 0 radical (unpaired) electrons. The van der Waals surface area contributed by atoms with Gasteiger partial charge in [-0.05, 0) is 34.1 Å². The fraction of sp³-hybridized carbons (Fsp3) is 0.417. The number of benzene rings is 1. The molecule has 0 atom stereocenters. The summed E-state index contributed by atoms with van der Waals surface area (Å²) >= 11 is 0. The second-order valence-corrected chi connectivity index (χ2v) is 10.1. The molecule has 1 aromatic carbocycles. The molecule has 190 valence electrons. The van der Waals surface area contributed by atoms with Crippen LogP contribution in [-0.2, 0) is 22.2 Å². The quantitative estimate of drug-likeness (QED) is 0.426. The molecule has 0 aliphatic heterocycles. The van der Waals surface area contributed by atoms with Crippen LogP contribution in [0.25, 0.3) is 5.65 Å². The average molecular weight is 495 g/mol. The minimum atomic E-state index is -5.19. The lowest BCUT2D eigenvalue weighted by atomic mass is 9.78. The number of hydrogen-bond acceptors (Lipinski definition) is 6. The number of aliphatic carboxylic acids is 1. The van der Waals surface area contributed by atoms with E-state index in [1.165, 1.54) is 0 Å². The maximum Gasteiger partial charge on any atom is 0.430 e. The van der Waals surface area contributed by atoms with Crippen molar-refractivity contribution in [3.8, 4) is 5.75 Å². The summed E-state index contributed by atoms with van der Waals surface area (Å²) in [7, 11) is 0. The van der Waals surface area contributed by atoms with E-state index >= 15 is 0 Å². The highest BCUT2D eigenvalue weighted by molar-refractivity contribution is 5.96. The Morgan fingerprint density at radius 3 is 1.97 bits per heavy atom. The summed E-state index contributed by atoms with van der Waals surface area (Å²) in [6, 6.07) is 9.22. The van der Waals surface area contributed by atoms with Crippen molar-refractivity contribution in [1.29, 1.82) is 0 Å². The number of nitrogens with zero attached hydrogens (tertiary/aromatic N) is 3. The van der Waals surface area contributed by atoms with E-state index in [0.29, 0.717) is 11.5 Å². The number of alkyl halides is 3. The van der Waals surface area contributed by atoms with E-state index in [0.717, 1.165) is 16.8 Å². The number of phenols is 1. The number of pyridine rings is 1. The summed E-state index contributed by atoms with van der Waals surface area (Å²) in [6.07, 6.45) is -3.38. The molecule has 0 aliphatic rings. The van der Waals surface area contributed by atoms with Crippen LogP contribution < -0.4 is 15.5 Å². The van der Waals surface area contributed by atoms with Crippen LogP contribution in [0.2, 0.25) is 0 Å². The third-order valence-corrected chi connectivity index (χ3v) is 5.15. The van der Waals surface area contributed by atoms with Crippen LogP contribution in [0, 0.1) is 0 Å². The van der Waals surface area contributed by atoms with Gasteiger partial charge in [0.1, 0.15) is 11.7 Å². The molecular weight excluding hydrogens is 465 g/mol. The van der Waals surface area contributed by atoms with Crippen molar-refractivity contribution >= 4 is 23.3 Å². The molecule has 3 rings (SSSR count). The second kappa shape index (κ2) is 9.55. The number of aromatic nitrogens is 3. The minimum absolute atomic E-state index is 0.0721. The van der Waals surface area contributed by atoms with Gasteiger partial charge in [-0.25, -0.2) is 0 Å². The van der Waals surface area contributed by atoms with Gasteiger partial charge in [-0.2, -0.15) is 17.6 Å². The number of phenolic OH excluding ortho intramolecular Hbond substituents is 1. The number of Topliss-reactive ketones (excluding diaryl/α,β-unsaturated/α-hetero) is 1. The molecule has 0 saturated carbocycles. The number of anilines is 1. The van der Waals surface area contributed by atoms with Gasteiger partial charge in [0.05, 0.1) is 6.20 Å². The Morgan fingerprint density at radius 1 is 1.06 bits per heavy atom. The zero-order chi connectivity index (χ0) is 26.9. The number of carbonyl (C=O) groups excluding carboxylic acids is 2. The predicted octanol–water partition coefficient (Wildman–Crippen LogP) is 2.69. The van der Waals surface area contributed by atoms with Gasteiger partial charge in [-0.15, -0.1) is 4.68 Å². The molecule has 2 aromatic heterocycles. The van der Waals surface area contributed by atoms with E-state index in [2.05, 4.69) is 5.10 Å². The fourth-order valence-corrected chi connectivity index (χ4v) is 3.34. The maximum atomic E-state index is 13.1. The van der Waals surface area contributed by atoms with E-state index in [9.17, 15) is 23.1 Å². The lowest BCUT2D eigenvalue weighted by Gasteiger charge is -2.28. The number of aromatic hydroxyl groups is 1. The first kappa shape index (κ1) is 27.6. The van der Waals surface area contributed by atoms with Gasteiger partial charge < -0.3 is 20.7 Å². The van der Waals surface area contributed by atoms with Gasteiger partial charge in [0.15, 0.2) is 6.54 Å². The number of halogens is 3. The highest BCUT2D eigenvalue weighted by atomic mass is 19.4. The molecule has 11 heteroatoms. The number of nitrogens with two attached hydrogens (primary N) is 1. The molecule has 35 heavy (non-hydrogen) atoms. The SMILES string of the molecule is CC(C)(C)c1cc(C(=O)C[n+]2nc(N)n3ccccc32)cc(C(C)(C)C)c1O.O=C([O-])C(F)(F)F. The first-order valence-corrected chi connectivity index (χ1v) is 10.7. The summed E-state index contributed by atoms with van der Waals surface area (Å²) in [4.78, 5) is 21.9. The Kier molecular flexibility index (Phi) is 7.54. The smallest absolute Gasteiger partial charge is 0.430 e. The largest absolute Gasteiger partial charge is 0.542 e. The lowest BCUT2D eigenvalue weighted by Crippen LogP contribution is -2.40. The van der Waals surface area contributed by atoms with Crippen molar-refractivity contribution in [3.63, 3.8) is 0 Å². The third-order valence-electron chi connectivity index (χ3n) is 5.15. The average Bonchev–Trinajstić information content (AvgIpc) is 3.01. The van der Waals surface area contributed by atoms with Crippen molar-refractivity contribution in [2.45, 2.75) is 65.1 Å². The number of carbonyl (C=O) groups is 2. The number of rotatable bonds is 3. The molecule has 3 aromatic rings. The molecule has 2 heterocycles. The van der Waals surface area contributed by atoms with E-state index < -0.39 is 12.1 Å². The van der Waals surface area contributed by atoms with Gasteiger partial charge in [-0.3, -0.25) is 4.79 Å². The number of fused-ring (bicyclic) bond motifs is 1. The molecule has 3 N–H and O–H groups in total. The minimum Gasteiger partial charge on any atom is -0.542 e. The summed E-state index contributed by atoms with van der Waals surface area (Å²) in [5.74, 6) is -2.49. The van der Waals surface area contributed by atoms with Crippen molar-refractivity contribution in [2.75, 3.05) is 5.73 Å². The van der Waals surface area contributed by atoms with Crippen molar-refractivity contribution in [2.24, 2.45) is 0 Å². The molecule has 0 spiro atoms. The highest BCUT2D eigenvalue weighted by Gasteiger charge is 2.29. The first-order chi connectivity index (χ1) is 15.8. The Balaban J connectivity index is 0.000000540. The topological polar surface area (TPSA) is 125 Å². The number of hydrogen-bond donors (Lipinski definition) is 2. The van der Waals surface area contributed by atoms with Crippen LogP contribution in [0.3, 0.4) is 0 Å². The molecule has 0 bridgehead atoms. The standard InChI is InChI=1S/C22H28N4O2.C2HF3O2/c1-21(2,3)15-11-14(12-16(19(15)28)22(4,5)6)17(27)13-26-18-9-7-8-10-25(18)20(23)24-26;3-2(4,5)1(6)7/h7-12H,13H2,1-6H3,(H2-,23,24,27,28);(H,6,7). The first-order valence-electron chi connectivity index (χ1n) is 10.7. The molecule has 0 amide bonds. The van der Waals surface area contributed by atoms with Gasteiger partial charge in [0.2, 0.25) is 5.78 Å². The molecule has 0 fully saturated rings. The van der Waals surface area contributed by atoms with Crippen LogP contribution in [-0.4, -0.2) is 32.5 Å². The Morgan fingerprint density at radius 2 is 1.54 bits per heavy atom. The maximum absolute atomic E-state index is 13.1. The van der Waals surface area contributed by atoms with Crippen LogP contribution >= 0.6 is 0 Å². The number of carboxylic acid groups (broad SMARTS) is 1. The molecule has 0 saturated heterocycles. The summed E-state index contributed by atoms with van der Waals surface area (Å²) in [5.41, 5.74) is 8.22. The summed E-state index contributed by atoms with van der Waals surface area (Å²) in [6.45, 7) is 12.2. The Hall–Kier alpha value is -3.63. The zero-order valence-electron chi connectivity index (χ0n) is 20.4. The van der Waals surface area contributed by atoms with Gasteiger partial charge in [0, 0.05) is 22.8 Å². The molecule has 8 nitrogen and oxygen atoms in total. The molecular formula is C24H29F3N4O4.